The van der Waals surface area contributed by atoms with Crippen LogP contribution in [0.5, 0.6) is 11.5 Å². The highest BCUT2D eigenvalue weighted by atomic mass is 16.5. The minimum absolute atomic E-state index is 0.442. The van der Waals surface area contributed by atoms with E-state index in [1.54, 1.807) is 14.0 Å². The smallest absolute Gasteiger partial charge is 0.161 e. The molecule has 0 fully saturated rings. The van der Waals surface area contributed by atoms with Gasteiger partial charge in [0, 0.05) is 0 Å². The van der Waals surface area contributed by atoms with Crippen molar-refractivity contribution in [3.63, 3.8) is 0 Å². The first-order chi connectivity index (χ1) is 12.6. The summed E-state index contributed by atoms with van der Waals surface area (Å²) in [6.07, 6.45) is 2.00. The Morgan fingerprint density at radius 3 is 2.77 bits per heavy atom. The van der Waals surface area contributed by atoms with E-state index in [1.165, 1.54) is 0 Å². The standard InChI is InChI=1S/C21H24N2O3/c1-4-7-16-10-11-19(20(14-16)25-3)26-13-12-23-18-9-6-5-8-17(18)22-21(23)15(2)24/h4-6,8-11,14-15,24H,1,7,12-13H2,2-3H3. The third kappa shape index (κ3) is 3.73. The van der Waals surface area contributed by atoms with Crippen LogP contribution >= 0.6 is 0 Å². The molecule has 3 aromatic rings. The average Bonchev–Trinajstić information content (AvgIpc) is 3.02. The number of ether oxygens (including phenoxy) is 2. The number of hydrogen-bond acceptors (Lipinski definition) is 4. The van der Waals surface area contributed by atoms with Gasteiger partial charge in [-0.1, -0.05) is 24.3 Å². The third-order valence-corrected chi connectivity index (χ3v) is 4.24. The number of aliphatic hydroxyl groups excluding tert-OH is 1. The topological polar surface area (TPSA) is 56.5 Å². The first-order valence-electron chi connectivity index (χ1n) is 8.68. The number of allylic oxidation sites excluding steroid dienone is 1. The lowest BCUT2D eigenvalue weighted by Crippen LogP contribution is -2.13. The average molecular weight is 352 g/mol. The van der Waals surface area contributed by atoms with E-state index in [9.17, 15) is 5.11 Å². The van der Waals surface area contributed by atoms with Crippen LogP contribution in [0.4, 0.5) is 0 Å². The van der Waals surface area contributed by atoms with E-state index in [4.69, 9.17) is 9.47 Å². The maximum absolute atomic E-state index is 10.0. The second kappa shape index (κ2) is 8.06. The van der Waals surface area contributed by atoms with Gasteiger partial charge in [0.05, 0.1) is 24.7 Å². The van der Waals surface area contributed by atoms with Crippen molar-refractivity contribution in [1.29, 1.82) is 0 Å². The molecule has 1 atom stereocenters. The van der Waals surface area contributed by atoms with Gasteiger partial charge in [-0.25, -0.2) is 4.98 Å². The molecule has 5 heteroatoms. The van der Waals surface area contributed by atoms with Crippen LogP contribution < -0.4 is 9.47 Å². The van der Waals surface area contributed by atoms with Crippen molar-refractivity contribution in [2.24, 2.45) is 0 Å². The predicted molar refractivity (Wildman–Crippen MR) is 103 cm³/mol. The maximum Gasteiger partial charge on any atom is 0.161 e. The third-order valence-electron chi connectivity index (χ3n) is 4.24. The number of hydrogen-bond donors (Lipinski definition) is 1. The summed E-state index contributed by atoms with van der Waals surface area (Å²) >= 11 is 0. The Morgan fingerprint density at radius 1 is 1.23 bits per heavy atom. The van der Waals surface area contributed by atoms with Gasteiger partial charge in [-0.05, 0) is 43.2 Å². The Kier molecular flexibility index (Phi) is 5.58. The predicted octanol–water partition coefficient (Wildman–Crippen LogP) is 3.91. The molecule has 0 spiro atoms. The van der Waals surface area contributed by atoms with Crippen LogP contribution in [0.1, 0.15) is 24.4 Å². The molecule has 0 aliphatic rings. The van der Waals surface area contributed by atoms with E-state index >= 15 is 0 Å². The van der Waals surface area contributed by atoms with E-state index < -0.39 is 6.10 Å². The Balaban J connectivity index is 1.77. The van der Waals surface area contributed by atoms with Gasteiger partial charge in [-0.2, -0.15) is 0 Å². The van der Waals surface area contributed by atoms with Crippen molar-refractivity contribution < 1.29 is 14.6 Å². The second-order valence-electron chi connectivity index (χ2n) is 6.11. The summed E-state index contributed by atoms with van der Waals surface area (Å²) in [7, 11) is 1.63. The summed E-state index contributed by atoms with van der Waals surface area (Å²) in [5, 5.41) is 10.0. The van der Waals surface area contributed by atoms with Crippen molar-refractivity contribution in [2.75, 3.05) is 13.7 Å². The van der Waals surface area contributed by atoms with Gasteiger partial charge in [-0.15, -0.1) is 6.58 Å². The minimum Gasteiger partial charge on any atom is -0.493 e. The van der Waals surface area contributed by atoms with Crippen LogP contribution in [0.15, 0.2) is 55.1 Å². The fraction of sp³-hybridized carbons (Fsp3) is 0.286. The lowest BCUT2D eigenvalue weighted by Gasteiger charge is -2.14. The number of para-hydroxylation sites is 2. The van der Waals surface area contributed by atoms with Gasteiger partial charge in [0.1, 0.15) is 18.5 Å². The van der Waals surface area contributed by atoms with Crippen molar-refractivity contribution >= 4 is 11.0 Å². The fourth-order valence-electron chi connectivity index (χ4n) is 3.02. The lowest BCUT2D eigenvalue weighted by atomic mass is 10.1. The zero-order valence-electron chi connectivity index (χ0n) is 15.2. The molecule has 1 unspecified atom stereocenters. The molecule has 1 N–H and O–H groups in total. The van der Waals surface area contributed by atoms with Crippen LogP contribution in [-0.4, -0.2) is 28.4 Å². The zero-order chi connectivity index (χ0) is 18.5. The highest BCUT2D eigenvalue weighted by Crippen LogP contribution is 2.28. The molecule has 1 aromatic heterocycles. The molecule has 0 saturated carbocycles. The number of rotatable bonds is 8. The summed E-state index contributed by atoms with van der Waals surface area (Å²) in [6, 6.07) is 13.7. The molecule has 26 heavy (non-hydrogen) atoms. The molecular formula is C21H24N2O3. The largest absolute Gasteiger partial charge is 0.493 e. The van der Waals surface area contributed by atoms with Crippen LogP contribution in [0, 0.1) is 0 Å². The zero-order valence-corrected chi connectivity index (χ0v) is 15.2. The molecule has 5 nitrogen and oxygen atoms in total. The Labute approximate surface area is 153 Å². The number of aliphatic hydroxyl groups is 1. The number of benzene rings is 2. The van der Waals surface area contributed by atoms with Gasteiger partial charge < -0.3 is 19.1 Å². The monoisotopic (exact) mass is 352 g/mol. The summed E-state index contributed by atoms with van der Waals surface area (Å²) in [5.74, 6) is 2.04. The van der Waals surface area contributed by atoms with Crippen molar-refractivity contribution in [3.8, 4) is 11.5 Å². The van der Waals surface area contributed by atoms with Crippen molar-refractivity contribution in [1.82, 2.24) is 9.55 Å². The van der Waals surface area contributed by atoms with Gasteiger partial charge in [0.15, 0.2) is 11.5 Å². The quantitative estimate of drug-likeness (QED) is 0.625. The molecule has 0 amide bonds. The van der Waals surface area contributed by atoms with Gasteiger partial charge in [0.25, 0.3) is 0 Å². The van der Waals surface area contributed by atoms with Crippen LogP contribution in [0.25, 0.3) is 11.0 Å². The van der Waals surface area contributed by atoms with E-state index in [0.717, 1.165) is 23.0 Å². The molecule has 0 radical (unpaired) electrons. The van der Waals surface area contributed by atoms with E-state index in [1.807, 2.05) is 53.1 Å². The number of imidazole rings is 1. The molecular weight excluding hydrogens is 328 g/mol. The number of fused-ring (bicyclic) bond motifs is 1. The Morgan fingerprint density at radius 2 is 2.04 bits per heavy atom. The highest BCUT2D eigenvalue weighted by Gasteiger charge is 2.14. The molecule has 136 valence electrons. The van der Waals surface area contributed by atoms with Crippen molar-refractivity contribution in [2.45, 2.75) is 26.0 Å². The van der Waals surface area contributed by atoms with Gasteiger partial charge >= 0.3 is 0 Å². The van der Waals surface area contributed by atoms with Crippen molar-refractivity contribution in [3.05, 3.63) is 66.5 Å². The molecule has 1 heterocycles. The molecule has 2 aromatic carbocycles. The fourth-order valence-corrected chi connectivity index (χ4v) is 3.02. The summed E-state index contributed by atoms with van der Waals surface area (Å²) in [4.78, 5) is 4.53. The summed E-state index contributed by atoms with van der Waals surface area (Å²) in [5.41, 5.74) is 2.98. The SMILES string of the molecule is C=CCc1ccc(OCCn2c(C(C)O)nc3ccccc32)c(OC)c1. The van der Waals surface area contributed by atoms with Gasteiger partial charge in [-0.3, -0.25) is 0 Å². The van der Waals surface area contributed by atoms with E-state index in [0.29, 0.717) is 30.5 Å². The second-order valence-corrected chi connectivity index (χ2v) is 6.11. The van der Waals surface area contributed by atoms with E-state index in [2.05, 4.69) is 11.6 Å². The number of methoxy groups -OCH3 is 1. The molecule has 0 saturated heterocycles. The highest BCUT2D eigenvalue weighted by molar-refractivity contribution is 5.76. The van der Waals surface area contributed by atoms with E-state index in [-0.39, 0.29) is 0 Å². The Hall–Kier alpha value is -2.79. The molecule has 0 bridgehead atoms. The van der Waals surface area contributed by atoms with Gasteiger partial charge in [0.2, 0.25) is 0 Å². The number of aromatic nitrogens is 2. The normalized spacial score (nSPS) is 12.1. The summed E-state index contributed by atoms with van der Waals surface area (Å²) in [6.45, 7) is 6.50. The molecule has 0 aliphatic heterocycles. The Bertz CT molecular complexity index is 899. The maximum atomic E-state index is 10.0. The van der Waals surface area contributed by atoms with Crippen LogP contribution in [0.3, 0.4) is 0 Å². The molecule has 3 rings (SSSR count). The number of nitrogens with zero attached hydrogens (tertiary/aromatic N) is 2. The first-order valence-corrected chi connectivity index (χ1v) is 8.68. The first kappa shape index (κ1) is 18.0. The van der Waals surface area contributed by atoms with Crippen LogP contribution in [-0.2, 0) is 13.0 Å². The summed E-state index contributed by atoms with van der Waals surface area (Å²) < 4.78 is 13.4. The lowest BCUT2D eigenvalue weighted by molar-refractivity contribution is 0.181. The molecule has 0 aliphatic carbocycles. The van der Waals surface area contributed by atoms with Crippen LogP contribution in [0.2, 0.25) is 0 Å². The minimum atomic E-state index is -0.643.